The Labute approximate surface area is 189 Å². The maximum Gasteiger partial charge on any atom is 0.342 e. The van der Waals surface area contributed by atoms with Crippen molar-refractivity contribution in [2.24, 2.45) is 0 Å². The van der Waals surface area contributed by atoms with Gasteiger partial charge in [0.1, 0.15) is 6.33 Å². The maximum absolute atomic E-state index is 12.7. The third-order valence-corrected chi connectivity index (χ3v) is 6.95. The first-order valence-electron chi connectivity index (χ1n) is 10.2. The molecule has 3 heterocycles. The number of fused-ring (bicyclic) bond motifs is 1. The number of ether oxygens (including phenoxy) is 2. The summed E-state index contributed by atoms with van der Waals surface area (Å²) in [4.78, 5) is 32.9. The number of amides is 1. The monoisotopic (exact) mass is 474 g/mol. The predicted molar refractivity (Wildman–Crippen MR) is 115 cm³/mol. The first-order chi connectivity index (χ1) is 15.9. The minimum Gasteiger partial charge on any atom is -0.452 e. The highest BCUT2D eigenvalue weighted by atomic mass is 32.2. The predicted octanol–water partition coefficient (Wildman–Crippen LogP) is 0.503. The van der Waals surface area contributed by atoms with Crippen LogP contribution in [0.3, 0.4) is 0 Å². The van der Waals surface area contributed by atoms with Crippen molar-refractivity contribution in [3.05, 3.63) is 48.0 Å². The average molecular weight is 474 g/mol. The molecule has 0 atom stereocenters. The van der Waals surface area contributed by atoms with E-state index in [4.69, 9.17) is 9.47 Å². The zero-order chi connectivity index (χ0) is 23.4. The van der Waals surface area contributed by atoms with Crippen molar-refractivity contribution in [1.82, 2.24) is 23.9 Å². The van der Waals surface area contributed by atoms with Gasteiger partial charge >= 0.3 is 5.97 Å². The van der Waals surface area contributed by atoms with Gasteiger partial charge in [-0.25, -0.2) is 22.7 Å². The number of carbonyl (C=O) groups excluding carboxylic acids is 2. The van der Waals surface area contributed by atoms with Crippen LogP contribution < -0.4 is 5.32 Å². The van der Waals surface area contributed by atoms with Gasteiger partial charge < -0.3 is 14.8 Å². The number of carbonyl (C=O) groups is 2. The number of sulfonamides is 1. The van der Waals surface area contributed by atoms with E-state index in [9.17, 15) is 18.0 Å². The van der Waals surface area contributed by atoms with Gasteiger partial charge in [-0.05, 0) is 30.7 Å². The highest BCUT2D eigenvalue weighted by Crippen LogP contribution is 2.19. The molecule has 0 aliphatic carbocycles. The number of benzene rings is 1. The second-order valence-electron chi connectivity index (χ2n) is 7.11. The Morgan fingerprint density at radius 2 is 1.88 bits per heavy atom. The fraction of sp³-hybridized carbons (Fsp3) is 0.350. The van der Waals surface area contributed by atoms with Gasteiger partial charge in [0.05, 0.1) is 29.4 Å². The van der Waals surface area contributed by atoms with E-state index in [0.717, 1.165) is 0 Å². The summed E-state index contributed by atoms with van der Waals surface area (Å²) in [6, 6.07) is 5.79. The van der Waals surface area contributed by atoms with Crippen molar-refractivity contribution in [1.29, 1.82) is 0 Å². The standard InChI is InChI=1S/C20H22N6O6S/c1-2-17-16(11-21-20-22-13-23-26(17)20)19(28)32-12-18(27)24-14-3-5-15(6-4-14)33(29,30)25-7-9-31-10-8-25/h3-6,11,13H,2,7-10,12H2,1H3,(H,24,27). The van der Waals surface area contributed by atoms with Crippen molar-refractivity contribution in [2.75, 3.05) is 38.2 Å². The van der Waals surface area contributed by atoms with E-state index in [1.54, 1.807) is 0 Å². The van der Waals surface area contributed by atoms with Gasteiger partial charge in [-0.2, -0.15) is 14.4 Å². The molecule has 0 bridgehead atoms. The molecular formula is C20H22N6O6S. The van der Waals surface area contributed by atoms with Crippen LogP contribution >= 0.6 is 0 Å². The van der Waals surface area contributed by atoms with E-state index in [1.807, 2.05) is 6.92 Å². The van der Waals surface area contributed by atoms with Gasteiger partial charge in [-0.3, -0.25) is 4.79 Å². The molecule has 1 fully saturated rings. The number of hydrogen-bond acceptors (Lipinski definition) is 9. The lowest BCUT2D eigenvalue weighted by molar-refractivity contribution is -0.119. The molecule has 0 unspecified atom stereocenters. The van der Waals surface area contributed by atoms with Crippen LogP contribution in [0.4, 0.5) is 5.69 Å². The summed E-state index contributed by atoms with van der Waals surface area (Å²) in [6.45, 7) is 2.63. The summed E-state index contributed by atoms with van der Waals surface area (Å²) in [5.41, 5.74) is 1.14. The van der Waals surface area contributed by atoms with Crippen LogP contribution in [0.25, 0.3) is 5.78 Å². The van der Waals surface area contributed by atoms with E-state index in [0.29, 0.717) is 49.9 Å². The average Bonchev–Trinajstić information content (AvgIpc) is 3.32. The van der Waals surface area contributed by atoms with E-state index in [1.165, 1.54) is 45.6 Å². The molecule has 1 amide bonds. The van der Waals surface area contributed by atoms with Crippen LogP contribution in [-0.2, 0) is 30.7 Å². The summed E-state index contributed by atoms with van der Waals surface area (Å²) in [5, 5.41) is 6.61. The zero-order valence-electron chi connectivity index (χ0n) is 17.8. The molecule has 2 aromatic heterocycles. The van der Waals surface area contributed by atoms with E-state index in [-0.39, 0.29) is 10.5 Å². The lowest BCUT2D eigenvalue weighted by atomic mass is 10.2. The molecule has 1 saturated heterocycles. The zero-order valence-corrected chi connectivity index (χ0v) is 18.6. The Morgan fingerprint density at radius 3 is 2.58 bits per heavy atom. The number of aromatic nitrogens is 4. The molecule has 1 aromatic carbocycles. The highest BCUT2D eigenvalue weighted by Gasteiger charge is 2.26. The number of hydrogen-bond donors (Lipinski definition) is 1. The van der Waals surface area contributed by atoms with Gasteiger partial charge in [0.15, 0.2) is 6.61 Å². The first-order valence-corrected chi connectivity index (χ1v) is 11.7. The molecule has 3 aromatic rings. The van der Waals surface area contributed by atoms with Crippen molar-refractivity contribution in [2.45, 2.75) is 18.2 Å². The molecule has 0 saturated carbocycles. The van der Waals surface area contributed by atoms with Crippen molar-refractivity contribution >= 4 is 33.4 Å². The quantitative estimate of drug-likeness (QED) is 0.484. The molecule has 0 spiro atoms. The topological polar surface area (TPSA) is 145 Å². The Hall–Kier alpha value is -3.42. The summed E-state index contributed by atoms with van der Waals surface area (Å²) in [7, 11) is -3.62. The second-order valence-corrected chi connectivity index (χ2v) is 9.05. The second kappa shape index (κ2) is 9.60. The molecule has 1 aliphatic rings. The summed E-state index contributed by atoms with van der Waals surface area (Å²) in [5.74, 6) is -0.918. The smallest absolute Gasteiger partial charge is 0.342 e. The summed E-state index contributed by atoms with van der Waals surface area (Å²) in [6.07, 6.45) is 3.16. The van der Waals surface area contributed by atoms with Crippen LogP contribution in [-0.4, -0.2) is 77.1 Å². The fourth-order valence-electron chi connectivity index (χ4n) is 3.39. The van der Waals surface area contributed by atoms with Crippen molar-refractivity contribution in [3.8, 4) is 0 Å². The summed E-state index contributed by atoms with van der Waals surface area (Å²) >= 11 is 0. The molecule has 0 radical (unpaired) electrons. The van der Waals surface area contributed by atoms with Crippen LogP contribution in [0, 0.1) is 0 Å². The van der Waals surface area contributed by atoms with Gasteiger partial charge in [0.2, 0.25) is 10.0 Å². The lowest BCUT2D eigenvalue weighted by Gasteiger charge is -2.26. The van der Waals surface area contributed by atoms with Crippen LogP contribution in [0.1, 0.15) is 23.0 Å². The SMILES string of the molecule is CCc1c(C(=O)OCC(=O)Nc2ccc(S(=O)(=O)N3CCOCC3)cc2)cnc2ncnn12. The third kappa shape index (κ3) is 4.84. The molecular weight excluding hydrogens is 452 g/mol. The van der Waals surface area contributed by atoms with E-state index in [2.05, 4.69) is 20.4 Å². The first kappa shape index (κ1) is 22.8. The van der Waals surface area contributed by atoms with Crippen molar-refractivity contribution < 1.29 is 27.5 Å². The maximum atomic E-state index is 12.7. The Bertz CT molecular complexity index is 1270. The normalized spacial score (nSPS) is 14.8. The van der Waals surface area contributed by atoms with Crippen LogP contribution in [0.5, 0.6) is 0 Å². The lowest BCUT2D eigenvalue weighted by Crippen LogP contribution is -2.40. The Balaban J connectivity index is 1.36. The number of morpholine rings is 1. The fourth-order valence-corrected chi connectivity index (χ4v) is 4.80. The highest BCUT2D eigenvalue weighted by molar-refractivity contribution is 7.89. The molecule has 33 heavy (non-hydrogen) atoms. The number of rotatable bonds is 7. The molecule has 174 valence electrons. The minimum absolute atomic E-state index is 0.122. The Morgan fingerprint density at radius 1 is 1.15 bits per heavy atom. The molecule has 13 heteroatoms. The molecule has 1 aliphatic heterocycles. The van der Waals surface area contributed by atoms with Gasteiger partial charge in [0.25, 0.3) is 11.7 Å². The number of nitrogens with one attached hydrogen (secondary N) is 1. The number of aryl methyl sites for hydroxylation is 1. The third-order valence-electron chi connectivity index (χ3n) is 5.04. The molecule has 1 N–H and O–H groups in total. The van der Waals surface area contributed by atoms with Gasteiger partial charge in [0, 0.05) is 25.0 Å². The van der Waals surface area contributed by atoms with Crippen LogP contribution in [0.15, 0.2) is 41.7 Å². The van der Waals surface area contributed by atoms with Crippen molar-refractivity contribution in [3.63, 3.8) is 0 Å². The molecule has 4 rings (SSSR count). The molecule has 12 nitrogen and oxygen atoms in total. The van der Waals surface area contributed by atoms with E-state index >= 15 is 0 Å². The van der Waals surface area contributed by atoms with E-state index < -0.39 is 28.5 Å². The van der Waals surface area contributed by atoms with Gasteiger partial charge in [-0.15, -0.1) is 0 Å². The van der Waals surface area contributed by atoms with Gasteiger partial charge in [-0.1, -0.05) is 6.92 Å². The number of nitrogens with zero attached hydrogens (tertiary/aromatic N) is 5. The summed E-state index contributed by atoms with van der Waals surface area (Å²) < 4.78 is 38.4. The van der Waals surface area contributed by atoms with Crippen LogP contribution in [0.2, 0.25) is 0 Å². The number of esters is 1. The minimum atomic E-state index is -3.62. The Kier molecular flexibility index (Phi) is 6.62. The number of anilines is 1. The largest absolute Gasteiger partial charge is 0.452 e.